The molecule has 168 valence electrons. The summed E-state index contributed by atoms with van der Waals surface area (Å²) in [4.78, 5) is 31.4. The maximum Gasteiger partial charge on any atom is 0.254 e. The average molecular weight is 435 g/mol. The van der Waals surface area contributed by atoms with E-state index in [1.807, 2.05) is 46.2 Å². The third kappa shape index (κ3) is 3.24. The summed E-state index contributed by atoms with van der Waals surface area (Å²) in [5.41, 5.74) is 3.59. The summed E-state index contributed by atoms with van der Waals surface area (Å²) in [5, 5.41) is 0. The zero-order valence-corrected chi connectivity index (χ0v) is 19.0. The minimum atomic E-state index is -0.422. The van der Waals surface area contributed by atoms with E-state index in [1.165, 1.54) is 0 Å². The molecule has 6 heteroatoms. The monoisotopic (exact) mass is 434 g/mol. The first-order chi connectivity index (χ1) is 15.5. The summed E-state index contributed by atoms with van der Waals surface area (Å²) in [5.74, 6) is 1.64. The summed E-state index contributed by atoms with van der Waals surface area (Å²) in [7, 11) is 3.24. The van der Waals surface area contributed by atoms with Crippen LogP contribution in [-0.4, -0.2) is 55.5 Å². The number of carbonyl (C=O) groups excluding carboxylic acids is 2. The van der Waals surface area contributed by atoms with Gasteiger partial charge in [0.15, 0.2) is 11.5 Å². The molecule has 0 N–H and O–H groups in total. The van der Waals surface area contributed by atoms with E-state index in [4.69, 9.17) is 9.47 Å². The van der Waals surface area contributed by atoms with Crippen molar-refractivity contribution in [2.45, 2.75) is 38.1 Å². The zero-order valence-electron chi connectivity index (χ0n) is 19.0. The molecule has 0 bridgehead atoms. The van der Waals surface area contributed by atoms with Crippen molar-refractivity contribution in [1.82, 2.24) is 9.80 Å². The topological polar surface area (TPSA) is 59.1 Å². The van der Waals surface area contributed by atoms with Gasteiger partial charge in [-0.05, 0) is 60.1 Å². The van der Waals surface area contributed by atoms with Gasteiger partial charge < -0.3 is 19.3 Å². The highest BCUT2D eigenvalue weighted by Gasteiger charge is 2.47. The predicted molar refractivity (Wildman–Crippen MR) is 121 cm³/mol. The van der Waals surface area contributed by atoms with Crippen LogP contribution in [0.5, 0.6) is 11.5 Å². The molecule has 3 aliphatic rings. The lowest BCUT2D eigenvalue weighted by Gasteiger charge is -2.46. The van der Waals surface area contributed by atoms with Gasteiger partial charge >= 0.3 is 0 Å². The summed E-state index contributed by atoms with van der Waals surface area (Å²) in [6.07, 6.45) is 2.77. The second kappa shape index (κ2) is 8.15. The van der Waals surface area contributed by atoms with Gasteiger partial charge in [-0.15, -0.1) is 0 Å². The Morgan fingerprint density at radius 3 is 2.38 bits per heavy atom. The van der Waals surface area contributed by atoms with E-state index in [9.17, 15) is 9.59 Å². The standard InChI is InChI=1S/C26H30N2O4/c1-16-8-11-27(12-9-16)26(30)23-18-6-4-5-7-19(18)25(29)28-13-10-17-14-21(31-2)22(32-3)15-20(17)24(23)28/h4-7,14-16,23-24H,8-13H2,1-3H3. The lowest BCUT2D eigenvalue weighted by molar-refractivity contribution is -0.136. The van der Waals surface area contributed by atoms with Crippen LogP contribution in [0.1, 0.15) is 58.8 Å². The van der Waals surface area contributed by atoms with Crippen molar-refractivity contribution < 1.29 is 19.1 Å². The van der Waals surface area contributed by atoms with E-state index < -0.39 is 5.92 Å². The molecule has 3 heterocycles. The zero-order chi connectivity index (χ0) is 22.4. The Morgan fingerprint density at radius 1 is 0.969 bits per heavy atom. The molecule has 2 amide bonds. The number of carbonyl (C=O) groups is 2. The highest BCUT2D eigenvalue weighted by molar-refractivity contribution is 6.01. The molecule has 6 nitrogen and oxygen atoms in total. The number of amides is 2. The molecule has 1 fully saturated rings. The predicted octanol–water partition coefficient (Wildman–Crippen LogP) is 3.80. The fourth-order valence-electron chi connectivity index (χ4n) is 5.55. The number of methoxy groups -OCH3 is 2. The van der Waals surface area contributed by atoms with Crippen LogP contribution >= 0.6 is 0 Å². The van der Waals surface area contributed by atoms with Crippen molar-refractivity contribution in [3.8, 4) is 11.5 Å². The molecule has 5 rings (SSSR count). The van der Waals surface area contributed by atoms with Crippen molar-refractivity contribution in [2.75, 3.05) is 33.9 Å². The lowest BCUT2D eigenvalue weighted by Crippen LogP contribution is -2.51. The number of benzene rings is 2. The van der Waals surface area contributed by atoms with Crippen molar-refractivity contribution in [3.63, 3.8) is 0 Å². The van der Waals surface area contributed by atoms with Crippen LogP contribution in [0.2, 0.25) is 0 Å². The Balaban J connectivity index is 1.65. The van der Waals surface area contributed by atoms with Crippen LogP contribution < -0.4 is 9.47 Å². The first-order valence-electron chi connectivity index (χ1n) is 11.5. The number of likely N-dealkylation sites (tertiary alicyclic amines) is 1. The third-order valence-electron chi connectivity index (χ3n) is 7.39. The smallest absolute Gasteiger partial charge is 0.254 e. The number of rotatable bonds is 3. The molecule has 2 atom stereocenters. The van der Waals surface area contributed by atoms with E-state index in [1.54, 1.807) is 14.2 Å². The number of ether oxygens (including phenoxy) is 2. The molecule has 0 aromatic heterocycles. The number of nitrogens with zero attached hydrogens (tertiary/aromatic N) is 2. The molecule has 32 heavy (non-hydrogen) atoms. The first-order valence-corrected chi connectivity index (χ1v) is 11.5. The molecule has 3 aliphatic heterocycles. The van der Waals surface area contributed by atoms with Gasteiger partial charge in [0.2, 0.25) is 5.91 Å². The average Bonchev–Trinajstić information content (AvgIpc) is 2.83. The summed E-state index contributed by atoms with van der Waals surface area (Å²) in [6.45, 7) is 4.38. The van der Waals surface area contributed by atoms with Gasteiger partial charge in [0.25, 0.3) is 5.91 Å². The fourth-order valence-corrected chi connectivity index (χ4v) is 5.55. The summed E-state index contributed by atoms with van der Waals surface area (Å²) >= 11 is 0. The minimum absolute atomic E-state index is 0.00218. The molecule has 0 spiro atoms. The van der Waals surface area contributed by atoms with Gasteiger partial charge in [-0.3, -0.25) is 9.59 Å². The molecule has 2 unspecified atom stereocenters. The van der Waals surface area contributed by atoms with Crippen molar-refractivity contribution >= 4 is 11.8 Å². The Bertz CT molecular complexity index is 1060. The molecule has 0 aliphatic carbocycles. The SMILES string of the molecule is COc1cc2c(cc1OC)C1C(C(=O)N3CCC(C)CC3)c3ccccc3C(=O)N1CC2. The minimum Gasteiger partial charge on any atom is -0.493 e. The van der Waals surface area contributed by atoms with Crippen LogP contribution in [0.3, 0.4) is 0 Å². The molecule has 1 saturated heterocycles. The second-order valence-electron chi connectivity index (χ2n) is 9.17. The highest BCUT2D eigenvalue weighted by atomic mass is 16.5. The van der Waals surface area contributed by atoms with Gasteiger partial charge in [0.05, 0.1) is 26.2 Å². The van der Waals surface area contributed by atoms with E-state index in [0.717, 1.165) is 49.0 Å². The van der Waals surface area contributed by atoms with E-state index >= 15 is 0 Å². The maximum absolute atomic E-state index is 14.0. The van der Waals surface area contributed by atoms with Gasteiger partial charge in [-0.2, -0.15) is 0 Å². The second-order valence-corrected chi connectivity index (χ2v) is 9.17. The van der Waals surface area contributed by atoms with Crippen molar-refractivity contribution in [1.29, 1.82) is 0 Å². The molecule has 0 radical (unpaired) electrons. The first kappa shape index (κ1) is 20.9. The van der Waals surface area contributed by atoms with E-state index in [-0.39, 0.29) is 17.9 Å². The van der Waals surface area contributed by atoms with Crippen LogP contribution in [0, 0.1) is 5.92 Å². The highest BCUT2D eigenvalue weighted by Crippen LogP contribution is 2.49. The summed E-state index contributed by atoms with van der Waals surface area (Å²) in [6, 6.07) is 11.2. The van der Waals surface area contributed by atoms with Crippen LogP contribution in [0.4, 0.5) is 0 Å². The normalized spacial score (nSPS) is 22.7. The van der Waals surface area contributed by atoms with E-state index in [2.05, 4.69) is 6.92 Å². The lowest BCUT2D eigenvalue weighted by atomic mass is 9.75. The maximum atomic E-state index is 14.0. The number of hydrogen-bond donors (Lipinski definition) is 0. The Hall–Kier alpha value is -3.02. The molecule has 2 aromatic rings. The van der Waals surface area contributed by atoms with Crippen LogP contribution in [0.15, 0.2) is 36.4 Å². The number of piperidine rings is 1. The molecular weight excluding hydrogens is 404 g/mol. The Labute approximate surface area is 189 Å². The van der Waals surface area contributed by atoms with Crippen LogP contribution in [0.25, 0.3) is 0 Å². The molecule has 0 saturated carbocycles. The summed E-state index contributed by atoms with van der Waals surface area (Å²) < 4.78 is 11.1. The largest absolute Gasteiger partial charge is 0.493 e. The van der Waals surface area contributed by atoms with Crippen molar-refractivity contribution in [2.24, 2.45) is 5.92 Å². The van der Waals surface area contributed by atoms with Gasteiger partial charge in [-0.1, -0.05) is 25.1 Å². The quantitative estimate of drug-likeness (QED) is 0.737. The third-order valence-corrected chi connectivity index (χ3v) is 7.39. The number of fused-ring (bicyclic) bond motifs is 4. The van der Waals surface area contributed by atoms with Crippen LogP contribution in [-0.2, 0) is 11.2 Å². The Kier molecular flexibility index (Phi) is 5.31. The molecule has 2 aromatic carbocycles. The van der Waals surface area contributed by atoms with Gasteiger partial charge in [-0.25, -0.2) is 0 Å². The fraction of sp³-hybridized carbons (Fsp3) is 0.462. The van der Waals surface area contributed by atoms with Gasteiger partial charge in [0.1, 0.15) is 0 Å². The van der Waals surface area contributed by atoms with Gasteiger partial charge in [0, 0.05) is 25.2 Å². The Morgan fingerprint density at radius 2 is 1.66 bits per heavy atom. The number of hydrogen-bond acceptors (Lipinski definition) is 4. The molecular formula is C26H30N2O4. The van der Waals surface area contributed by atoms with Crippen molar-refractivity contribution in [3.05, 3.63) is 58.7 Å². The van der Waals surface area contributed by atoms with E-state index in [0.29, 0.717) is 29.5 Å².